The van der Waals surface area contributed by atoms with Crippen molar-refractivity contribution in [3.05, 3.63) is 35.4 Å². The lowest BCUT2D eigenvalue weighted by Crippen LogP contribution is -2.05. The van der Waals surface area contributed by atoms with Crippen molar-refractivity contribution in [2.45, 2.75) is 19.6 Å². The van der Waals surface area contributed by atoms with Gasteiger partial charge in [-0.1, -0.05) is 32.0 Å². The summed E-state index contributed by atoms with van der Waals surface area (Å²) in [6.07, 6.45) is 0. The summed E-state index contributed by atoms with van der Waals surface area (Å²) in [5.41, 5.74) is 1.74. The van der Waals surface area contributed by atoms with E-state index in [0.717, 1.165) is 17.1 Å². The van der Waals surface area contributed by atoms with Gasteiger partial charge in [-0.25, -0.2) is 4.79 Å². The molecule has 0 heterocycles. The van der Waals surface area contributed by atoms with Crippen LogP contribution in [0.25, 0.3) is 0 Å². The van der Waals surface area contributed by atoms with Gasteiger partial charge in [0.15, 0.2) is 0 Å². The molecule has 0 N–H and O–H groups in total. The van der Waals surface area contributed by atoms with Gasteiger partial charge in [-0.3, -0.25) is 0 Å². The van der Waals surface area contributed by atoms with Crippen molar-refractivity contribution in [1.29, 1.82) is 0 Å². The van der Waals surface area contributed by atoms with Crippen molar-refractivity contribution in [1.82, 2.24) is 0 Å². The van der Waals surface area contributed by atoms with Crippen LogP contribution < -0.4 is 0 Å². The fraction of sp³-hybridized carbons (Fsp3) is 0.462. The molecule has 0 amide bonds. The van der Waals surface area contributed by atoms with Gasteiger partial charge in [-0.2, -0.15) is 11.8 Å². The number of carbonyl (C=O) groups excluding carboxylic acids is 1. The van der Waals surface area contributed by atoms with Crippen LogP contribution in [0.3, 0.4) is 0 Å². The molecule has 0 spiro atoms. The van der Waals surface area contributed by atoms with Gasteiger partial charge in [0.1, 0.15) is 0 Å². The summed E-state index contributed by atoms with van der Waals surface area (Å²) in [5.74, 6) is 2.40. The Morgan fingerprint density at radius 3 is 2.69 bits per heavy atom. The van der Waals surface area contributed by atoms with Gasteiger partial charge in [0, 0.05) is 5.75 Å². The first-order valence-electron chi connectivity index (χ1n) is 5.39. The molecule has 0 aliphatic heterocycles. The summed E-state index contributed by atoms with van der Waals surface area (Å²) in [6.45, 7) is 4.39. The second kappa shape index (κ2) is 6.59. The molecule has 0 radical (unpaired) electrons. The first kappa shape index (κ1) is 13.1. The lowest BCUT2D eigenvalue weighted by Gasteiger charge is -2.08. The van der Waals surface area contributed by atoms with E-state index in [1.807, 2.05) is 36.0 Å². The van der Waals surface area contributed by atoms with Crippen molar-refractivity contribution < 1.29 is 9.53 Å². The van der Waals surface area contributed by atoms with Crippen molar-refractivity contribution >= 4 is 17.7 Å². The van der Waals surface area contributed by atoms with Crippen LogP contribution in [0.1, 0.15) is 29.8 Å². The molecule has 0 saturated heterocycles. The van der Waals surface area contributed by atoms with Gasteiger partial charge in [-0.15, -0.1) is 0 Å². The SMILES string of the molecule is COC(=O)c1ccccc1CSCC(C)C. The van der Waals surface area contributed by atoms with Crippen LogP contribution in [0, 0.1) is 5.92 Å². The summed E-state index contributed by atoms with van der Waals surface area (Å²) in [7, 11) is 1.42. The standard InChI is InChI=1S/C13H18O2S/c1-10(2)8-16-9-11-6-4-5-7-12(11)13(14)15-3/h4-7,10H,8-9H2,1-3H3. The smallest absolute Gasteiger partial charge is 0.338 e. The number of carbonyl (C=O) groups is 1. The maximum absolute atomic E-state index is 11.5. The normalized spacial score (nSPS) is 10.5. The van der Waals surface area contributed by atoms with Crippen molar-refractivity contribution in [3.8, 4) is 0 Å². The number of benzene rings is 1. The Bertz CT molecular complexity index is 348. The van der Waals surface area contributed by atoms with Gasteiger partial charge >= 0.3 is 5.97 Å². The van der Waals surface area contributed by atoms with E-state index in [9.17, 15) is 4.79 Å². The topological polar surface area (TPSA) is 26.3 Å². The summed E-state index contributed by atoms with van der Waals surface area (Å²) in [6, 6.07) is 7.62. The van der Waals surface area contributed by atoms with Crippen LogP contribution in [0.4, 0.5) is 0 Å². The second-order valence-corrected chi connectivity index (χ2v) is 5.09. The molecule has 0 saturated carbocycles. The van der Waals surface area contributed by atoms with Crippen LogP contribution in [0.15, 0.2) is 24.3 Å². The van der Waals surface area contributed by atoms with E-state index in [-0.39, 0.29) is 5.97 Å². The number of methoxy groups -OCH3 is 1. The molecule has 0 aliphatic rings. The van der Waals surface area contributed by atoms with Crippen molar-refractivity contribution in [2.75, 3.05) is 12.9 Å². The van der Waals surface area contributed by atoms with Gasteiger partial charge < -0.3 is 4.74 Å². The molecule has 88 valence electrons. The quantitative estimate of drug-likeness (QED) is 0.736. The Labute approximate surface area is 101 Å². The van der Waals surface area contributed by atoms with E-state index in [1.165, 1.54) is 7.11 Å². The first-order valence-corrected chi connectivity index (χ1v) is 6.54. The molecule has 0 atom stereocenters. The minimum absolute atomic E-state index is 0.249. The molecule has 1 aromatic carbocycles. The van der Waals surface area contributed by atoms with Crippen LogP contribution in [-0.2, 0) is 10.5 Å². The van der Waals surface area contributed by atoms with E-state index in [0.29, 0.717) is 11.5 Å². The van der Waals surface area contributed by atoms with Crippen molar-refractivity contribution in [3.63, 3.8) is 0 Å². The van der Waals surface area contributed by atoms with E-state index < -0.39 is 0 Å². The highest BCUT2D eigenvalue weighted by molar-refractivity contribution is 7.98. The summed E-state index contributed by atoms with van der Waals surface area (Å²) in [5, 5.41) is 0. The number of rotatable bonds is 5. The average molecular weight is 238 g/mol. The van der Waals surface area contributed by atoms with Crippen molar-refractivity contribution in [2.24, 2.45) is 5.92 Å². The zero-order valence-corrected chi connectivity index (χ0v) is 10.8. The lowest BCUT2D eigenvalue weighted by atomic mass is 10.1. The molecule has 0 fully saturated rings. The Morgan fingerprint density at radius 1 is 1.38 bits per heavy atom. The molecule has 0 unspecified atom stereocenters. The largest absolute Gasteiger partial charge is 0.465 e. The molecular formula is C13H18O2S. The molecule has 2 nitrogen and oxygen atoms in total. The summed E-state index contributed by atoms with van der Waals surface area (Å²) >= 11 is 1.85. The molecule has 1 aromatic rings. The third-order valence-corrected chi connectivity index (χ3v) is 3.55. The number of hydrogen-bond acceptors (Lipinski definition) is 3. The maximum Gasteiger partial charge on any atom is 0.338 e. The second-order valence-electron chi connectivity index (χ2n) is 4.06. The van der Waals surface area contributed by atoms with E-state index in [4.69, 9.17) is 4.74 Å². The molecule has 1 rings (SSSR count). The molecule has 16 heavy (non-hydrogen) atoms. The monoisotopic (exact) mass is 238 g/mol. The highest BCUT2D eigenvalue weighted by atomic mass is 32.2. The predicted octanol–water partition coefficient (Wildman–Crippen LogP) is 3.36. The average Bonchev–Trinajstić information content (AvgIpc) is 2.28. The van der Waals surface area contributed by atoms with Crippen LogP contribution in [0.5, 0.6) is 0 Å². The fourth-order valence-corrected chi connectivity index (χ4v) is 2.42. The highest BCUT2D eigenvalue weighted by Crippen LogP contribution is 2.19. The minimum Gasteiger partial charge on any atom is -0.465 e. The molecular weight excluding hydrogens is 220 g/mol. The molecule has 3 heteroatoms. The first-order chi connectivity index (χ1) is 7.65. The van der Waals surface area contributed by atoms with Crippen LogP contribution in [-0.4, -0.2) is 18.8 Å². The van der Waals surface area contributed by atoms with E-state index >= 15 is 0 Å². The molecule has 0 aromatic heterocycles. The minimum atomic E-state index is -0.249. The maximum atomic E-state index is 11.5. The van der Waals surface area contributed by atoms with Crippen LogP contribution >= 0.6 is 11.8 Å². The highest BCUT2D eigenvalue weighted by Gasteiger charge is 2.10. The Hall–Kier alpha value is -0.960. The number of esters is 1. The Kier molecular flexibility index (Phi) is 5.39. The third kappa shape index (κ3) is 3.89. The summed E-state index contributed by atoms with van der Waals surface area (Å²) in [4.78, 5) is 11.5. The lowest BCUT2D eigenvalue weighted by molar-refractivity contribution is 0.0600. The number of hydrogen-bond donors (Lipinski definition) is 0. The van der Waals surface area contributed by atoms with E-state index in [1.54, 1.807) is 0 Å². The Morgan fingerprint density at radius 2 is 2.06 bits per heavy atom. The predicted molar refractivity (Wildman–Crippen MR) is 68.8 cm³/mol. The zero-order valence-electron chi connectivity index (χ0n) is 10.0. The Balaban J connectivity index is 2.67. The number of thioether (sulfide) groups is 1. The van der Waals surface area contributed by atoms with Gasteiger partial charge in [0.2, 0.25) is 0 Å². The van der Waals surface area contributed by atoms with Crippen LogP contribution in [0.2, 0.25) is 0 Å². The van der Waals surface area contributed by atoms with Gasteiger partial charge in [0.25, 0.3) is 0 Å². The van der Waals surface area contributed by atoms with Gasteiger partial charge in [-0.05, 0) is 23.3 Å². The molecule has 0 bridgehead atoms. The summed E-state index contributed by atoms with van der Waals surface area (Å²) < 4.78 is 4.76. The third-order valence-electron chi connectivity index (χ3n) is 2.13. The van der Waals surface area contributed by atoms with E-state index in [2.05, 4.69) is 13.8 Å². The molecule has 0 aliphatic carbocycles. The zero-order chi connectivity index (χ0) is 12.0. The fourth-order valence-electron chi connectivity index (χ4n) is 1.36. The van der Waals surface area contributed by atoms with Gasteiger partial charge in [0.05, 0.1) is 12.7 Å². The number of ether oxygens (including phenoxy) is 1.